The molecule has 0 spiro atoms. The van der Waals surface area contributed by atoms with Gasteiger partial charge in [-0.1, -0.05) is 0 Å². The third-order valence-electron chi connectivity index (χ3n) is 2.88. The largest absolute Gasteiger partial charge is 0.459 e. The molecule has 1 aromatic rings. The molecule has 19 heavy (non-hydrogen) atoms. The van der Waals surface area contributed by atoms with Gasteiger partial charge in [-0.15, -0.1) is 0 Å². The molecule has 0 atom stereocenters. The lowest BCUT2D eigenvalue weighted by Crippen LogP contribution is -2.26. The van der Waals surface area contributed by atoms with Crippen molar-refractivity contribution in [2.75, 3.05) is 0 Å². The molecule has 0 heterocycles. The Bertz CT molecular complexity index is 626. The summed E-state index contributed by atoms with van der Waals surface area (Å²) in [6.45, 7) is 0. The maximum atomic E-state index is 13.5. The summed E-state index contributed by atoms with van der Waals surface area (Å²) in [6.07, 6.45) is 1.88. The van der Waals surface area contributed by atoms with E-state index in [1.165, 1.54) is 0 Å². The van der Waals surface area contributed by atoms with Gasteiger partial charge in [-0.05, 0) is 31.4 Å². The second kappa shape index (κ2) is 4.86. The van der Waals surface area contributed by atoms with Crippen LogP contribution in [-0.2, 0) is 14.8 Å². The van der Waals surface area contributed by atoms with Crippen LogP contribution in [-0.4, -0.2) is 20.5 Å². The minimum Gasteiger partial charge on any atom is -0.459 e. The van der Waals surface area contributed by atoms with Gasteiger partial charge in [-0.2, -0.15) is 0 Å². The van der Waals surface area contributed by atoms with Crippen molar-refractivity contribution in [3.8, 4) is 0 Å². The standard InChI is InChI=1S/C11H11F2NO4S/c12-9-5-7(19(14,16)17)4-8(10(9)13)11(15)18-6-2-1-3-6/h4-6H,1-3H2,(H2,14,16,17). The van der Waals surface area contributed by atoms with Crippen LogP contribution in [0.25, 0.3) is 0 Å². The van der Waals surface area contributed by atoms with Gasteiger partial charge in [0.05, 0.1) is 10.5 Å². The van der Waals surface area contributed by atoms with Crippen LogP contribution in [0, 0.1) is 11.6 Å². The molecule has 8 heteroatoms. The van der Waals surface area contributed by atoms with Gasteiger partial charge in [0.25, 0.3) is 0 Å². The van der Waals surface area contributed by atoms with Gasteiger partial charge >= 0.3 is 5.97 Å². The molecule has 2 rings (SSSR count). The Balaban J connectivity index is 2.37. The maximum absolute atomic E-state index is 13.5. The number of primary sulfonamides is 1. The fourth-order valence-corrected chi connectivity index (χ4v) is 2.13. The number of carbonyl (C=O) groups is 1. The average Bonchev–Trinajstić information content (AvgIpc) is 2.25. The molecule has 0 aliphatic heterocycles. The molecule has 1 fully saturated rings. The molecular formula is C11H11F2NO4S. The van der Waals surface area contributed by atoms with E-state index >= 15 is 0 Å². The Morgan fingerprint density at radius 1 is 1.32 bits per heavy atom. The first-order chi connectivity index (χ1) is 8.79. The van der Waals surface area contributed by atoms with E-state index in [0.717, 1.165) is 6.42 Å². The van der Waals surface area contributed by atoms with Gasteiger partial charge in [0, 0.05) is 0 Å². The molecule has 0 saturated heterocycles. The van der Waals surface area contributed by atoms with E-state index in [2.05, 4.69) is 0 Å². The zero-order valence-electron chi connectivity index (χ0n) is 9.73. The summed E-state index contributed by atoms with van der Waals surface area (Å²) in [6, 6.07) is 1.10. The van der Waals surface area contributed by atoms with Crippen LogP contribution in [0.2, 0.25) is 0 Å². The summed E-state index contributed by atoms with van der Waals surface area (Å²) in [7, 11) is -4.23. The van der Waals surface area contributed by atoms with Crippen LogP contribution >= 0.6 is 0 Å². The van der Waals surface area contributed by atoms with Crippen molar-refractivity contribution in [2.24, 2.45) is 5.14 Å². The number of sulfonamides is 1. The van der Waals surface area contributed by atoms with Crippen molar-refractivity contribution in [3.63, 3.8) is 0 Å². The fourth-order valence-electron chi connectivity index (χ4n) is 1.58. The Hall–Kier alpha value is -1.54. The van der Waals surface area contributed by atoms with Crippen LogP contribution in [0.1, 0.15) is 29.6 Å². The lowest BCUT2D eigenvalue weighted by molar-refractivity contribution is 0.00840. The van der Waals surface area contributed by atoms with Crippen LogP contribution in [0.4, 0.5) is 8.78 Å². The van der Waals surface area contributed by atoms with E-state index in [1.54, 1.807) is 0 Å². The van der Waals surface area contributed by atoms with Crippen molar-refractivity contribution >= 4 is 16.0 Å². The van der Waals surface area contributed by atoms with Gasteiger partial charge in [0.2, 0.25) is 10.0 Å². The Morgan fingerprint density at radius 2 is 1.95 bits per heavy atom. The van der Waals surface area contributed by atoms with Crippen molar-refractivity contribution < 1.29 is 26.7 Å². The highest BCUT2D eigenvalue weighted by atomic mass is 32.2. The molecular weight excluding hydrogens is 280 g/mol. The molecule has 1 aliphatic rings. The van der Waals surface area contributed by atoms with Crippen LogP contribution < -0.4 is 5.14 Å². The lowest BCUT2D eigenvalue weighted by Gasteiger charge is -2.25. The predicted molar refractivity (Wildman–Crippen MR) is 60.8 cm³/mol. The molecule has 0 bridgehead atoms. The Morgan fingerprint density at radius 3 is 2.42 bits per heavy atom. The summed E-state index contributed by atoms with van der Waals surface area (Å²) in [4.78, 5) is 11.0. The number of hydrogen-bond donors (Lipinski definition) is 1. The van der Waals surface area contributed by atoms with Crippen molar-refractivity contribution in [2.45, 2.75) is 30.3 Å². The summed E-state index contributed by atoms with van der Waals surface area (Å²) in [5.41, 5.74) is -0.768. The van der Waals surface area contributed by atoms with Crippen molar-refractivity contribution in [1.29, 1.82) is 0 Å². The highest BCUT2D eigenvalue weighted by Crippen LogP contribution is 2.25. The molecule has 0 aromatic heterocycles. The molecule has 1 aromatic carbocycles. The quantitative estimate of drug-likeness (QED) is 0.851. The number of benzene rings is 1. The highest BCUT2D eigenvalue weighted by molar-refractivity contribution is 7.89. The lowest BCUT2D eigenvalue weighted by atomic mass is 9.96. The second-order valence-corrected chi connectivity index (χ2v) is 5.83. The average molecular weight is 291 g/mol. The minimum atomic E-state index is -4.23. The highest BCUT2D eigenvalue weighted by Gasteiger charge is 2.26. The van der Waals surface area contributed by atoms with Crippen LogP contribution in [0.15, 0.2) is 17.0 Å². The molecule has 5 nitrogen and oxygen atoms in total. The first kappa shape index (κ1) is 13.9. The molecule has 0 unspecified atom stereocenters. The smallest absolute Gasteiger partial charge is 0.341 e. The maximum Gasteiger partial charge on any atom is 0.341 e. The van der Waals surface area contributed by atoms with Crippen molar-refractivity contribution in [3.05, 3.63) is 29.3 Å². The third kappa shape index (κ3) is 2.90. The van der Waals surface area contributed by atoms with E-state index in [-0.39, 0.29) is 6.10 Å². The topological polar surface area (TPSA) is 86.5 Å². The van der Waals surface area contributed by atoms with Gasteiger partial charge < -0.3 is 4.74 Å². The Kier molecular flexibility index (Phi) is 3.55. The molecule has 1 saturated carbocycles. The van der Waals surface area contributed by atoms with Crippen LogP contribution in [0.5, 0.6) is 0 Å². The summed E-state index contributed by atoms with van der Waals surface area (Å²) >= 11 is 0. The number of rotatable bonds is 3. The minimum absolute atomic E-state index is 0.326. The summed E-state index contributed by atoms with van der Waals surface area (Å²) in [5, 5.41) is 4.81. The molecule has 0 amide bonds. The number of halogens is 2. The van der Waals surface area contributed by atoms with Gasteiger partial charge in [0.15, 0.2) is 11.6 Å². The normalized spacial score (nSPS) is 15.9. The first-order valence-electron chi connectivity index (χ1n) is 5.52. The second-order valence-electron chi connectivity index (χ2n) is 4.27. The summed E-state index contributed by atoms with van der Waals surface area (Å²) in [5.74, 6) is -4.00. The summed E-state index contributed by atoms with van der Waals surface area (Å²) < 4.78 is 53.8. The molecule has 0 radical (unpaired) electrons. The Labute approximate surface area is 108 Å². The predicted octanol–water partition coefficient (Wildman–Crippen LogP) is 1.32. The zero-order valence-corrected chi connectivity index (χ0v) is 10.5. The zero-order chi connectivity index (χ0) is 14.2. The van der Waals surface area contributed by atoms with E-state index in [4.69, 9.17) is 9.88 Å². The number of carbonyl (C=O) groups excluding carboxylic acids is 1. The molecule has 2 N–H and O–H groups in total. The fraction of sp³-hybridized carbons (Fsp3) is 0.364. The molecule has 1 aliphatic carbocycles. The first-order valence-corrected chi connectivity index (χ1v) is 7.06. The van der Waals surface area contributed by atoms with Crippen LogP contribution in [0.3, 0.4) is 0 Å². The van der Waals surface area contributed by atoms with Gasteiger partial charge in [-0.25, -0.2) is 27.1 Å². The number of esters is 1. The SMILES string of the molecule is NS(=O)(=O)c1cc(F)c(F)c(C(=O)OC2CCC2)c1. The van der Waals surface area contributed by atoms with Crippen molar-refractivity contribution in [1.82, 2.24) is 0 Å². The number of nitrogens with two attached hydrogens (primary N) is 1. The van der Waals surface area contributed by atoms with E-state index < -0.39 is 38.1 Å². The number of hydrogen-bond acceptors (Lipinski definition) is 4. The van der Waals surface area contributed by atoms with E-state index in [1.807, 2.05) is 0 Å². The van der Waals surface area contributed by atoms with Gasteiger partial charge in [0.1, 0.15) is 6.10 Å². The number of ether oxygens (including phenoxy) is 1. The van der Waals surface area contributed by atoms with E-state index in [9.17, 15) is 22.0 Å². The van der Waals surface area contributed by atoms with E-state index in [0.29, 0.717) is 25.0 Å². The van der Waals surface area contributed by atoms with Gasteiger partial charge in [-0.3, -0.25) is 0 Å². The molecule has 104 valence electrons. The third-order valence-corrected chi connectivity index (χ3v) is 3.77. The monoisotopic (exact) mass is 291 g/mol.